The Kier molecular flexibility index (Phi) is 5.11. The number of hydrogen-bond acceptors (Lipinski definition) is 5. The molecule has 7 heteroatoms. The number of methoxy groups -OCH3 is 1. The van der Waals surface area contributed by atoms with Crippen molar-refractivity contribution >= 4 is 27.3 Å². The highest BCUT2D eigenvalue weighted by Gasteiger charge is 2.17. The van der Waals surface area contributed by atoms with Crippen molar-refractivity contribution in [3.63, 3.8) is 0 Å². The zero-order valence-electron chi connectivity index (χ0n) is 11.4. The van der Waals surface area contributed by atoms with E-state index in [1.54, 1.807) is 11.3 Å². The molecule has 0 saturated carbocycles. The maximum Gasteiger partial charge on any atom is 0.322 e. The first kappa shape index (κ1) is 15.7. The van der Waals surface area contributed by atoms with Gasteiger partial charge in [0.15, 0.2) is 5.75 Å². The molecule has 0 aliphatic rings. The Morgan fingerprint density at radius 2 is 2.05 bits per heavy atom. The number of hydrogen-bond donors (Lipinski definition) is 1. The molecule has 1 N–H and O–H groups in total. The van der Waals surface area contributed by atoms with Gasteiger partial charge in [-0.2, -0.15) is 11.3 Å². The minimum atomic E-state index is -3.70. The third kappa shape index (κ3) is 4.38. The third-order valence-corrected chi connectivity index (χ3v) is 4.75. The molecule has 1 heterocycles. The van der Waals surface area contributed by atoms with Crippen LogP contribution in [-0.2, 0) is 26.1 Å². The lowest BCUT2D eigenvalue weighted by Crippen LogP contribution is -2.30. The van der Waals surface area contributed by atoms with Crippen molar-refractivity contribution in [1.82, 2.24) is 4.72 Å². The second kappa shape index (κ2) is 6.84. The number of carbonyl (C=O) groups is 1. The quantitative estimate of drug-likeness (QED) is 0.825. The number of carbonyl (C=O) groups excluding carboxylic acids is 1. The van der Waals surface area contributed by atoms with Crippen LogP contribution in [0.5, 0.6) is 0 Å². The highest BCUT2D eigenvalue weighted by molar-refractivity contribution is 7.90. The fraction of sp³-hybridized carbons (Fsp3) is 0.214. The summed E-state index contributed by atoms with van der Waals surface area (Å²) in [6.07, 6.45) is 0. The summed E-state index contributed by atoms with van der Waals surface area (Å²) in [7, 11) is -2.54. The molecular weight excluding hydrogens is 310 g/mol. The summed E-state index contributed by atoms with van der Waals surface area (Å²) < 4.78 is 30.3. The molecule has 0 radical (unpaired) electrons. The predicted octanol–water partition coefficient (Wildman–Crippen LogP) is 2.01. The van der Waals surface area contributed by atoms with Gasteiger partial charge in [-0.05, 0) is 33.5 Å². The van der Waals surface area contributed by atoms with Gasteiger partial charge >= 0.3 is 5.97 Å². The number of nitrogens with one attached hydrogen (secondary N) is 1. The van der Waals surface area contributed by atoms with Gasteiger partial charge in [0.25, 0.3) is 0 Å². The van der Waals surface area contributed by atoms with Crippen molar-refractivity contribution in [1.29, 1.82) is 0 Å². The fourth-order valence-electron chi connectivity index (χ4n) is 1.83. The fourth-order valence-corrected chi connectivity index (χ4v) is 3.39. The van der Waals surface area contributed by atoms with Gasteiger partial charge in [-0.1, -0.05) is 24.3 Å². The van der Waals surface area contributed by atoms with Crippen molar-refractivity contribution in [2.45, 2.75) is 6.54 Å². The van der Waals surface area contributed by atoms with Crippen LogP contribution < -0.4 is 4.72 Å². The lowest BCUT2D eigenvalue weighted by molar-refractivity contribution is -0.137. The SMILES string of the molecule is COC(=O)CS(=O)(=O)NCc1ccccc1-c1ccsc1. The van der Waals surface area contributed by atoms with E-state index >= 15 is 0 Å². The van der Waals surface area contributed by atoms with Gasteiger partial charge in [0.2, 0.25) is 10.0 Å². The van der Waals surface area contributed by atoms with Crippen molar-refractivity contribution in [3.05, 3.63) is 46.7 Å². The van der Waals surface area contributed by atoms with E-state index < -0.39 is 21.7 Å². The summed E-state index contributed by atoms with van der Waals surface area (Å²) in [4.78, 5) is 11.1. The molecule has 2 aromatic rings. The molecule has 0 spiro atoms. The largest absolute Gasteiger partial charge is 0.468 e. The van der Waals surface area contributed by atoms with E-state index in [0.29, 0.717) is 0 Å². The minimum absolute atomic E-state index is 0.130. The van der Waals surface area contributed by atoms with Gasteiger partial charge in [0, 0.05) is 6.54 Å². The Morgan fingerprint density at radius 3 is 2.71 bits per heavy atom. The summed E-state index contributed by atoms with van der Waals surface area (Å²) in [5.41, 5.74) is 2.87. The molecule has 0 amide bonds. The van der Waals surface area contributed by atoms with Crippen LogP contribution >= 0.6 is 11.3 Å². The van der Waals surface area contributed by atoms with Gasteiger partial charge in [-0.3, -0.25) is 4.79 Å². The monoisotopic (exact) mass is 325 g/mol. The topological polar surface area (TPSA) is 72.5 Å². The molecule has 0 fully saturated rings. The molecule has 5 nitrogen and oxygen atoms in total. The Hall–Kier alpha value is -1.70. The molecule has 21 heavy (non-hydrogen) atoms. The molecule has 2 rings (SSSR count). The Labute approximate surface area is 127 Å². The van der Waals surface area contributed by atoms with Crippen LogP contribution in [0.1, 0.15) is 5.56 Å². The molecule has 0 unspecified atom stereocenters. The summed E-state index contributed by atoms with van der Waals surface area (Å²) in [5, 5.41) is 3.97. The van der Waals surface area contributed by atoms with Crippen LogP contribution in [0, 0.1) is 0 Å². The van der Waals surface area contributed by atoms with Crippen LogP contribution in [-0.4, -0.2) is 27.2 Å². The van der Waals surface area contributed by atoms with Crippen molar-refractivity contribution in [2.24, 2.45) is 0 Å². The van der Waals surface area contributed by atoms with Crippen molar-refractivity contribution in [2.75, 3.05) is 12.9 Å². The second-order valence-corrected chi connectivity index (χ2v) is 6.91. The lowest BCUT2D eigenvalue weighted by atomic mass is 10.0. The average molecular weight is 325 g/mol. The van der Waals surface area contributed by atoms with Gasteiger partial charge in [0.1, 0.15) is 0 Å². The second-order valence-electron chi connectivity index (χ2n) is 4.33. The molecule has 112 valence electrons. The summed E-state index contributed by atoms with van der Waals surface area (Å²) in [5.74, 6) is -1.46. The van der Waals surface area contributed by atoms with E-state index in [1.807, 2.05) is 41.1 Å². The first-order valence-corrected chi connectivity index (χ1v) is 8.76. The molecule has 0 aliphatic heterocycles. The predicted molar refractivity (Wildman–Crippen MR) is 82.4 cm³/mol. The maximum absolute atomic E-state index is 11.8. The average Bonchev–Trinajstić information content (AvgIpc) is 2.99. The standard InChI is InChI=1S/C14H15NO4S2/c1-19-14(16)10-21(17,18)15-8-11-4-2-3-5-13(11)12-6-7-20-9-12/h2-7,9,15H,8,10H2,1H3. The Morgan fingerprint density at radius 1 is 1.29 bits per heavy atom. The van der Waals surface area contributed by atoms with Crippen LogP contribution in [0.2, 0.25) is 0 Å². The molecule has 1 aromatic heterocycles. The number of rotatable bonds is 6. The van der Waals surface area contributed by atoms with Crippen LogP contribution in [0.25, 0.3) is 11.1 Å². The van der Waals surface area contributed by atoms with E-state index in [0.717, 1.165) is 23.8 Å². The third-order valence-electron chi connectivity index (χ3n) is 2.87. The van der Waals surface area contributed by atoms with E-state index in [1.165, 1.54) is 0 Å². The van der Waals surface area contributed by atoms with E-state index in [9.17, 15) is 13.2 Å². The number of sulfonamides is 1. The molecule has 1 aromatic carbocycles. The number of esters is 1. The summed E-state index contributed by atoms with van der Waals surface area (Å²) >= 11 is 1.58. The molecule has 0 bridgehead atoms. The molecule has 0 aliphatic carbocycles. The van der Waals surface area contributed by atoms with Gasteiger partial charge in [-0.15, -0.1) is 0 Å². The zero-order chi connectivity index (χ0) is 15.3. The highest BCUT2D eigenvalue weighted by atomic mass is 32.2. The lowest BCUT2D eigenvalue weighted by Gasteiger charge is -2.10. The summed E-state index contributed by atoms with van der Waals surface area (Å²) in [6, 6.07) is 9.52. The number of ether oxygens (including phenoxy) is 1. The van der Waals surface area contributed by atoms with Crippen LogP contribution in [0.4, 0.5) is 0 Å². The van der Waals surface area contributed by atoms with Crippen molar-refractivity contribution < 1.29 is 17.9 Å². The van der Waals surface area contributed by atoms with Crippen LogP contribution in [0.15, 0.2) is 41.1 Å². The first-order chi connectivity index (χ1) is 10.0. The number of benzene rings is 1. The van der Waals surface area contributed by atoms with Gasteiger partial charge in [-0.25, -0.2) is 13.1 Å². The minimum Gasteiger partial charge on any atom is -0.468 e. The Bertz CT molecular complexity index is 708. The number of thiophene rings is 1. The van der Waals surface area contributed by atoms with Crippen LogP contribution in [0.3, 0.4) is 0 Å². The van der Waals surface area contributed by atoms with E-state index in [2.05, 4.69) is 9.46 Å². The summed E-state index contributed by atoms with van der Waals surface area (Å²) in [6.45, 7) is 0.130. The smallest absolute Gasteiger partial charge is 0.322 e. The molecule has 0 saturated heterocycles. The maximum atomic E-state index is 11.8. The van der Waals surface area contributed by atoms with E-state index in [4.69, 9.17) is 0 Å². The first-order valence-electron chi connectivity index (χ1n) is 6.16. The molecular formula is C14H15NO4S2. The zero-order valence-corrected chi connectivity index (χ0v) is 13.0. The van der Waals surface area contributed by atoms with Crippen molar-refractivity contribution in [3.8, 4) is 11.1 Å². The van der Waals surface area contributed by atoms with E-state index in [-0.39, 0.29) is 6.54 Å². The Balaban J connectivity index is 2.13. The normalized spacial score (nSPS) is 11.3. The van der Waals surface area contributed by atoms with Gasteiger partial charge in [0.05, 0.1) is 7.11 Å². The molecule has 0 atom stereocenters. The highest BCUT2D eigenvalue weighted by Crippen LogP contribution is 2.25. The van der Waals surface area contributed by atoms with Gasteiger partial charge < -0.3 is 4.74 Å².